The van der Waals surface area contributed by atoms with Gasteiger partial charge in [-0.2, -0.15) is 18.3 Å². The molecule has 2 N–H and O–H groups in total. The van der Waals surface area contributed by atoms with Gasteiger partial charge in [-0.15, -0.1) is 0 Å². The number of amides is 2. The fourth-order valence-electron chi connectivity index (χ4n) is 1.89. The molecule has 0 bridgehead atoms. The number of anilines is 2. The van der Waals surface area contributed by atoms with Crippen molar-refractivity contribution >= 4 is 34.8 Å². The molecule has 0 fully saturated rings. The minimum atomic E-state index is -4.57. The number of alkyl halides is 3. The summed E-state index contributed by atoms with van der Waals surface area (Å²) in [5, 5.41) is 8.60. The van der Waals surface area contributed by atoms with Gasteiger partial charge in [0, 0.05) is 18.3 Å². The van der Waals surface area contributed by atoms with Crippen molar-refractivity contribution in [3.8, 4) is 0 Å². The largest absolute Gasteiger partial charge is 0.435 e. The number of benzene rings is 1. The second-order valence-corrected chi connectivity index (χ2v) is 5.45. The van der Waals surface area contributed by atoms with Crippen LogP contribution in [-0.4, -0.2) is 21.6 Å². The van der Waals surface area contributed by atoms with Crippen LogP contribution < -0.4 is 10.6 Å². The lowest BCUT2D eigenvalue weighted by Crippen LogP contribution is -2.20. The van der Waals surface area contributed by atoms with Gasteiger partial charge >= 0.3 is 6.18 Å². The van der Waals surface area contributed by atoms with Gasteiger partial charge in [-0.1, -0.05) is 18.5 Å². The van der Waals surface area contributed by atoms with E-state index in [1.165, 1.54) is 12.1 Å². The lowest BCUT2D eigenvalue weighted by Gasteiger charge is -2.10. The first-order valence-corrected chi connectivity index (χ1v) is 7.56. The molecule has 0 radical (unpaired) electrons. The molecule has 0 unspecified atom stereocenters. The van der Waals surface area contributed by atoms with Gasteiger partial charge in [-0.25, -0.2) is 0 Å². The van der Waals surface area contributed by atoms with Crippen LogP contribution in [-0.2, 0) is 22.3 Å². The van der Waals surface area contributed by atoms with E-state index in [0.717, 1.165) is 16.9 Å². The molecule has 2 aromatic rings. The molecular weight excluding hydrogens is 361 g/mol. The van der Waals surface area contributed by atoms with Gasteiger partial charge in [0.15, 0.2) is 5.69 Å². The second kappa shape index (κ2) is 7.56. The zero-order valence-electron chi connectivity index (χ0n) is 13.0. The first-order chi connectivity index (χ1) is 11.7. The highest BCUT2D eigenvalue weighted by Gasteiger charge is 2.33. The molecule has 0 aliphatic rings. The van der Waals surface area contributed by atoms with Gasteiger partial charge in [0.25, 0.3) is 0 Å². The smallest absolute Gasteiger partial charge is 0.326 e. The summed E-state index contributed by atoms with van der Waals surface area (Å²) in [6.45, 7) is 1.27. The minimum Gasteiger partial charge on any atom is -0.326 e. The summed E-state index contributed by atoms with van der Waals surface area (Å²) < 4.78 is 38.3. The Balaban J connectivity index is 2.06. The minimum absolute atomic E-state index is 0.212. The van der Waals surface area contributed by atoms with Gasteiger partial charge in [0.05, 0.1) is 10.7 Å². The van der Waals surface area contributed by atoms with Crippen molar-refractivity contribution < 1.29 is 22.8 Å². The maximum atomic E-state index is 12.5. The summed E-state index contributed by atoms with van der Waals surface area (Å²) in [6, 6.07) is 5.28. The van der Waals surface area contributed by atoms with Crippen molar-refractivity contribution in [2.75, 3.05) is 10.6 Å². The van der Waals surface area contributed by atoms with Crippen LogP contribution in [0.25, 0.3) is 0 Å². The highest BCUT2D eigenvalue weighted by atomic mass is 35.5. The number of carbonyl (C=O) groups excluding carboxylic acids is 2. The Hall–Kier alpha value is -2.55. The lowest BCUT2D eigenvalue weighted by atomic mass is 10.2. The third-order valence-corrected chi connectivity index (χ3v) is 3.41. The topological polar surface area (TPSA) is 76.0 Å². The van der Waals surface area contributed by atoms with E-state index in [9.17, 15) is 22.8 Å². The molecule has 134 valence electrons. The maximum absolute atomic E-state index is 12.5. The van der Waals surface area contributed by atoms with E-state index >= 15 is 0 Å². The molecule has 25 heavy (non-hydrogen) atoms. The molecule has 0 spiro atoms. The zero-order valence-corrected chi connectivity index (χ0v) is 13.8. The monoisotopic (exact) mass is 374 g/mol. The SMILES string of the molecule is CCC(=O)Nc1ccc(Cl)c(NC(=O)Cn2ccc(C(F)(F)F)n2)c1. The predicted octanol–water partition coefficient (Wildman–Crippen LogP) is 3.54. The van der Waals surface area contributed by atoms with Crippen LogP contribution in [0, 0.1) is 0 Å². The van der Waals surface area contributed by atoms with E-state index in [-0.39, 0.29) is 23.0 Å². The van der Waals surface area contributed by atoms with Crippen molar-refractivity contribution in [1.29, 1.82) is 0 Å². The normalized spacial score (nSPS) is 11.2. The highest BCUT2D eigenvalue weighted by Crippen LogP contribution is 2.27. The summed E-state index contributed by atoms with van der Waals surface area (Å²) in [4.78, 5) is 23.4. The zero-order chi connectivity index (χ0) is 18.6. The molecule has 1 heterocycles. The van der Waals surface area contributed by atoms with Gasteiger partial charge < -0.3 is 10.6 Å². The van der Waals surface area contributed by atoms with Crippen molar-refractivity contribution in [2.24, 2.45) is 0 Å². The molecule has 6 nitrogen and oxygen atoms in total. The number of aromatic nitrogens is 2. The third kappa shape index (κ3) is 5.21. The molecule has 2 amide bonds. The Labute approximate surface area is 146 Å². The number of rotatable bonds is 5. The standard InChI is InChI=1S/C15H14ClF3N4O2/c1-2-13(24)20-9-3-4-10(16)11(7-9)21-14(25)8-23-6-5-12(22-23)15(17,18)19/h3-7H,2,8H2,1H3,(H,20,24)(H,21,25). The summed E-state index contributed by atoms with van der Waals surface area (Å²) in [7, 11) is 0. The quantitative estimate of drug-likeness (QED) is 0.840. The average molecular weight is 375 g/mol. The van der Waals surface area contributed by atoms with E-state index in [4.69, 9.17) is 11.6 Å². The number of carbonyl (C=O) groups is 2. The first-order valence-electron chi connectivity index (χ1n) is 7.19. The van der Waals surface area contributed by atoms with E-state index in [2.05, 4.69) is 15.7 Å². The summed E-state index contributed by atoms with van der Waals surface area (Å²) in [6.07, 6.45) is -3.23. The van der Waals surface area contributed by atoms with E-state index in [1.807, 2.05) is 0 Å². The summed E-state index contributed by atoms with van der Waals surface area (Å²) >= 11 is 5.98. The molecule has 2 rings (SSSR count). The van der Waals surface area contributed by atoms with Crippen molar-refractivity contribution in [1.82, 2.24) is 9.78 Å². The summed E-state index contributed by atoms with van der Waals surface area (Å²) in [5.41, 5.74) is -0.420. The number of nitrogens with zero attached hydrogens (tertiary/aromatic N) is 2. The van der Waals surface area contributed by atoms with Gasteiger partial charge in [0.1, 0.15) is 6.54 Å². The molecule has 10 heteroatoms. The van der Waals surface area contributed by atoms with E-state index in [0.29, 0.717) is 5.69 Å². The van der Waals surface area contributed by atoms with Gasteiger partial charge in [-0.3, -0.25) is 14.3 Å². The van der Waals surface area contributed by atoms with E-state index < -0.39 is 24.3 Å². The van der Waals surface area contributed by atoms with Crippen molar-refractivity contribution in [3.05, 3.63) is 41.2 Å². The van der Waals surface area contributed by atoms with Crippen LogP contribution in [0.1, 0.15) is 19.0 Å². The number of hydrogen-bond donors (Lipinski definition) is 2. The molecule has 1 aromatic carbocycles. The Morgan fingerprint density at radius 2 is 1.92 bits per heavy atom. The van der Waals surface area contributed by atoms with Crippen molar-refractivity contribution in [3.63, 3.8) is 0 Å². The molecule has 0 aliphatic carbocycles. The molecular formula is C15H14ClF3N4O2. The third-order valence-electron chi connectivity index (χ3n) is 3.08. The summed E-state index contributed by atoms with van der Waals surface area (Å²) in [5.74, 6) is -0.825. The van der Waals surface area contributed by atoms with Crippen LogP contribution in [0.15, 0.2) is 30.5 Å². The maximum Gasteiger partial charge on any atom is 0.435 e. The number of nitrogens with one attached hydrogen (secondary N) is 2. The first kappa shape index (κ1) is 18.8. The Kier molecular flexibility index (Phi) is 5.68. The number of hydrogen-bond acceptors (Lipinski definition) is 3. The molecule has 1 aromatic heterocycles. The van der Waals surface area contributed by atoms with E-state index in [1.54, 1.807) is 13.0 Å². The molecule has 0 saturated carbocycles. The molecule has 0 aliphatic heterocycles. The fraction of sp³-hybridized carbons (Fsp3) is 0.267. The Morgan fingerprint density at radius 1 is 1.20 bits per heavy atom. The van der Waals surface area contributed by atoms with Crippen LogP contribution in [0.4, 0.5) is 24.5 Å². The van der Waals surface area contributed by atoms with Crippen LogP contribution in [0.5, 0.6) is 0 Å². The van der Waals surface area contributed by atoms with Crippen molar-refractivity contribution in [2.45, 2.75) is 26.1 Å². The predicted molar refractivity (Wildman–Crippen MR) is 86.2 cm³/mol. The van der Waals surface area contributed by atoms with Gasteiger partial charge in [-0.05, 0) is 24.3 Å². The van der Waals surface area contributed by atoms with Gasteiger partial charge in [0.2, 0.25) is 11.8 Å². The highest BCUT2D eigenvalue weighted by molar-refractivity contribution is 6.33. The fourth-order valence-corrected chi connectivity index (χ4v) is 2.05. The van der Waals surface area contributed by atoms with Crippen LogP contribution >= 0.6 is 11.6 Å². The Bertz CT molecular complexity index is 789. The van der Waals surface area contributed by atoms with Crippen LogP contribution in [0.3, 0.4) is 0 Å². The Morgan fingerprint density at radius 3 is 2.52 bits per heavy atom. The average Bonchev–Trinajstić information content (AvgIpc) is 2.99. The molecule has 0 saturated heterocycles. The molecule has 0 atom stereocenters. The number of halogens is 4. The van der Waals surface area contributed by atoms with Crippen LogP contribution in [0.2, 0.25) is 5.02 Å². The lowest BCUT2D eigenvalue weighted by molar-refractivity contribution is -0.141. The second-order valence-electron chi connectivity index (χ2n) is 5.04.